The number of fused-ring (bicyclic) bond motifs is 1. The first-order valence-corrected chi connectivity index (χ1v) is 11.2. The third-order valence-corrected chi connectivity index (χ3v) is 6.11. The fourth-order valence-corrected chi connectivity index (χ4v) is 4.30. The van der Waals surface area contributed by atoms with Crippen molar-refractivity contribution < 1.29 is 14.6 Å². The monoisotopic (exact) mass is 465 g/mol. The lowest BCUT2D eigenvalue weighted by molar-refractivity contribution is 0.0911. The zero-order chi connectivity index (χ0) is 22.8. The molecule has 1 aliphatic heterocycles. The molecule has 0 unspecified atom stereocenters. The van der Waals surface area contributed by atoms with Crippen LogP contribution in [0.5, 0.6) is 0 Å². The minimum absolute atomic E-state index is 0.238. The second-order valence-corrected chi connectivity index (χ2v) is 8.39. The van der Waals surface area contributed by atoms with E-state index in [1.807, 2.05) is 18.5 Å². The first-order chi connectivity index (χ1) is 16.1. The maximum Gasteiger partial charge on any atom is 0.268 e. The average molecular weight is 466 g/mol. The smallest absolute Gasteiger partial charge is 0.268 e. The maximum absolute atomic E-state index is 12.9. The van der Waals surface area contributed by atoms with Gasteiger partial charge in [0, 0.05) is 47.0 Å². The fourth-order valence-electron chi connectivity index (χ4n) is 4.10. The molecule has 33 heavy (non-hydrogen) atoms. The molecule has 1 saturated heterocycles. The summed E-state index contributed by atoms with van der Waals surface area (Å²) in [5, 5.41) is 14.2. The fraction of sp³-hybridized carbons (Fsp3) is 0.250. The number of anilines is 1. The Balaban J connectivity index is 1.38. The predicted octanol–water partition coefficient (Wildman–Crippen LogP) is 3.51. The van der Waals surface area contributed by atoms with Crippen molar-refractivity contribution in [3.63, 3.8) is 0 Å². The quantitative estimate of drug-likeness (QED) is 0.348. The predicted molar refractivity (Wildman–Crippen MR) is 128 cm³/mol. The molecule has 0 saturated carbocycles. The van der Waals surface area contributed by atoms with Crippen LogP contribution in [0.1, 0.15) is 22.1 Å². The Bertz CT molecular complexity index is 1280. The number of aliphatic hydroxyl groups is 1. The van der Waals surface area contributed by atoms with Crippen molar-refractivity contribution in [3.8, 4) is 11.1 Å². The Morgan fingerprint density at radius 2 is 2.06 bits per heavy atom. The molecule has 5 rings (SSSR count). The van der Waals surface area contributed by atoms with Gasteiger partial charge < -0.3 is 30.0 Å². The summed E-state index contributed by atoms with van der Waals surface area (Å²) in [5.41, 5.74) is 4.80. The summed E-state index contributed by atoms with van der Waals surface area (Å²) in [5.74, 6) is -0.313. The van der Waals surface area contributed by atoms with Gasteiger partial charge in [-0.2, -0.15) is 0 Å². The number of morpholine rings is 1. The van der Waals surface area contributed by atoms with Crippen LogP contribution >= 0.6 is 11.6 Å². The van der Waals surface area contributed by atoms with Gasteiger partial charge in [-0.1, -0.05) is 23.7 Å². The minimum Gasteiger partial charge on any atom is -0.394 e. The number of aliphatic hydroxyl groups excluding tert-OH is 1. The van der Waals surface area contributed by atoms with E-state index in [9.17, 15) is 9.90 Å². The molecule has 4 aromatic rings. The number of rotatable bonds is 6. The van der Waals surface area contributed by atoms with Crippen LogP contribution in [0.3, 0.4) is 0 Å². The molecule has 3 aromatic heterocycles. The number of hydrogen-bond donors (Lipinski definition) is 4. The van der Waals surface area contributed by atoms with Gasteiger partial charge in [-0.15, -0.1) is 0 Å². The van der Waals surface area contributed by atoms with Crippen molar-refractivity contribution >= 4 is 34.2 Å². The lowest BCUT2D eigenvalue weighted by Crippen LogP contribution is -2.36. The van der Waals surface area contributed by atoms with E-state index in [1.165, 1.54) is 0 Å². The van der Waals surface area contributed by atoms with Crippen molar-refractivity contribution in [2.75, 3.05) is 37.8 Å². The topological polar surface area (TPSA) is 106 Å². The van der Waals surface area contributed by atoms with Gasteiger partial charge in [-0.25, -0.2) is 4.98 Å². The van der Waals surface area contributed by atoms with Crippen molar-refractivity contribution in [3.05, 3.63) is 71.3 Å². The number of ether oxygens (including phenoxy) is 1. The van der Waals surface area contributed by atoms with Gasteiger partial charge in [0.05, 0.1) is 37.7 Å². The molecule has 1 aliphatic rings. The molecular weight excluding hydrogens is 442 g/mol. The van der Waals surface area contributed by atoms with Crippen LogP contribution in [0.4, 0.5) is 5.69 Å². The van der Waals surface area contributed by atoms with E-state index in [4.69, 9.17) is 16.3 Å². The lowest BCUT2D eigenvalue weighted by atomic mass is 10.1. The van der Waals surface area contributed by atoms with E-state index in [0.717, 1.165) is 46.5 Å². The molecule has 4 heterocycles. The number of nitrogens with zero attached hydrogens (tertiary/aromatic N) is 2. The summed E-state index contributed by atoms with van der Waals surface area (Å²) >= 11 is 6.05. The van der Waals surface area contributed by atoms with Crippen LogP contribution < -0.4 is 10.2 Å². The molecule has 1 atom stereocenters. The van der Waals surface area contributed by atoms with Crippen molar-refractivity contribution in [1.82, 2.24) is 20.3 Å². The number of benzene rings is 1. The summed E-state index contributed by atoms with van der Waals surface area (Å²) < 4.78 is 5.45. The van der Waals surface area contributed by atoms with Crippen molar-refractivity contribution in [1.29, 1.82) is 0 Å². The summed E-state index contributed by atoms with van der Waals surface area (Å²) in [4.78, 5) is 25.9. The first kappa shape index (κ1) is 21.5. The molecule has 1 amide bonds. The van der Waals surface area contributed by atoms with Crippen LogP contribution in [-0.4, -0.2) is 58.9 Å². The van der Waals surface area contributed by atoms with E-state index in [-0.39, 0.29) is 12.5 Å². The summed E-state index contributed by atoms with van der Waals surface area (Å²) in [7, 11) is 0. The third kappa shape index (κ3) is 4.45. The number of H-pyrrole nitrogens is 2. The van der Waals surface area contributed by atoms with Crippen LogP contribution in [-0.2, 0) is 4.74 Å². The van der Waals surface area contributed by atoms with Gasteiger partial charge in [-0.3, -0.25) is 4.79 Å². The number of aromatic nitrogens is 3. The Morgan fingerprint density at radius 3 is 2.85 bits per heavy atom. The zero-order valence-corrected chi connectivity index (χ0v) is 18.6. The number of hydrogen-bond acceptors (Lipinski definition) is 5. The highest BCUT2D eigenvalue weighted by Gasteiger charge is 2.19. The summed E-state index contributed by atoms with van der Waals surface area (Å²) in [6.07, 6.45) is 5.56. The zero-order valence-electron chi connectivity index (χ0n) is 17.8. The normalized spacial score (nSPS) is 15.0. The largest absolute Gasteiger partial charge is 0.394 e. The molecule has 0 radical (unpaired) electrons. The van der Waals surface area contributed by atoms with Gasteiger partial charge in [0.1, 0.15) is 11.3 Å². The minimum atomic E-state index is -0.559. The van der Waals surface area contributed by atoms with E-state index in [2.05, 4.69) is 31.2 Å². The lowest BCUT2D eigenvalue weighted by Gasteiger charge is -2.28. The van der Waals surface area contributed by atoms with Gasteiger partial charge in [0.15, 0.2) is 0 Å². The number of nitrogens with one attached hydrogen (secondary N) is 3. The second kappa shape index (κ2) is 9.27. The highest BCUT2D eigenvalue weighted by Crippen LogP contribution is 2.31. The Labute approximate surface area is 195 Å². The summed E-state index contributed by atoms with van der Waals surface area (Å²) in [6.45, 7) is 2.84. The molecule has 1 aromatic carbocycles. The van der Waals surface area contributed by atoms with Crippen LogP contribution in [0.15, 0.2) is 55.0 Å². The number of amides is 1. The molecule has 0 bridgehead atoms. The second-order valence-electron chi connectivity index (χ2n) is 7.96. The number of aromatic amines is 2. The Morgan fingerprint density at radius 1 is 1.21 bits per heavy atom. The molecule has 0 aliphatic carbocycles. The first-order valence-electron chi connectivity index (χ1n) is 10.8. The van der Waals surface area contributed by atoms with Gasteiger partial charge in [-0.05, 0) is 29.8 Å². The SMILES string of the molecule is O=C(N[C@H](CO)c1cccc(Cl)c1)c1cc(-c2c[nH]c3ncc(N4CCOCC4)cc23)c[nH]1. The molecule has 9 heteroatoms. The van der Waals surface area contributed by atoms with Gasteiger partial charge in [0.25, 0.3) is 5.91 Å². The van der Waals surface area contributed by atoms with Gasteiger partial charge >= 0.3 is 0 Å². The number of halogens is 1. The van der Waals surface area contributed by atoms with Crippen molar-refractivity contribution in [2.45, 2.75) is 6.04 Å². The van der Waals surface area contributed by atoms with Crippen LogP contribution in [0, 0.1) is 0 Å². The number of pyridine rings is 1. The third-order valence-electron chi connectivity index (χ3n) is 5.87. The number of carbonyl (C=O) groups excluding carboxylic acids is 1. The van der Waals surface area contributed by atoms with Gasteiger partial charge in [0.2, 0.25) is 0 Å². The number of carbonyl (C=O) groups is 1. The molecule has 170 valence electrons. The Kier molecular flexibility index (Phi) is 6.04. The van der Waals surface area contributed by atoms with Crippen molar-refractivity contribution in [2.24, 2.45) is 0 Å². The van der Waals surface area contributed by atoms with Crippen LogP contribution in [0.2, 0.25) is 5.02 Å². The highest BCUT2D eigenvalue weighted by atomic mass is 35.5. The standard InChI is InChI=1S/C24H24ClN5O3/c25-17-3-1-2-15(8-17)22(14-31)29-24(32)21-9-16(11-26-21)20-13-28-23-19(20)10-18(12-27-23)30-4-6-33-7-5-30/h1-3,8-13,22,26,31H,4-7,14H2,(H,27,28)(H,29,32)/t22-/m1/s1. The van der Waals surface area contributed by atoms with E-state index in [1.54, 1.807) is 30.5 Å². The Hall–Kier alpha value is -3.33. The van der Waals surface area contributed by atoms with E-state index in [0.29, 0.717) is 23.9 Å². The van der Waals surface area contributed by atoms with Crippen LogP contribution in [0.25, 0.3) is 22.2 Å². The molecule has 1 fully saturated rings. The maximum atomic E-state index is 12.9. The molecule has 8 nitrogen and oxygen atoms in total. The molecular formula is C24H24ClN5O3. The molecule has 0 spiro atoms. The average Bonchev–Trinajstić information content (AvgIpc) is 3.50. The van der Waals surface area contributed by atoms with E-state index < -0.39 is 6.04 Å². The van der Waals surface area contributed by atoms with E-state index >= 15 is 0 Å². The molecule has 4 N–H and O–H groups in total. The highest BCUT2D eigenvalue weighted by molar-refractivity contribution is 6.30. The summed E-state index contributed by atoms with van der Waals surface area (Å²) in [6, 6.07) is 10.4.